The molecule has 0 spiro atoms. The number of carbonyl (C=O) groups is 1. The summed E-state index contributed by atoms with van der Waals surface area (Å²) in [7, 11) is -3.77. The summed E-state index contributed by atoms with van der Waals surface area (Å²) >= 11 is 0. The fourth-order valence-corrected chi connectivity index (χ4v) is 2.23. The maximum Gasteiger partial charge on any atom is 0.238 e. The molecule has 0 saturated carbocycles. The van der Waals surface area contributed by atoms with Crippen LogP contribution in [0.3, 0.4) is 0 Å². The SMILES string of the molecule is CCCC(N)CC(=O)Nc1cccc(S(N)(=O)=O)c1. The number of rotatable bonds is 6. The predicted molar refractivity (Wildman–Crippen MR) is 73.9 cm³/mol. The fourth-order valence-electron chi connectivity index (χ4n) is 1.67. The van der Waals surface area contributed by atoms with E-state index in [1.165, 1.54) is 18.2 Å². The minimum absolute atomic E-state index is 0.0387. The Kier molecular flexibility index (Phi) is 5.46. The summed E-state index contributed by atoms with van der Waals surface area (Å²) in [6.45, 7) is 1.99. The van der Waals surface area contributed by atoms with Crippen LogP contribution in [0.1, 0.15) is 26.2 Å². The minimum atomic E-state index is -3.77. The van der Waals surface area contributed by atoms with Crippen LogP contribution in [0.5, 0.6) is 0 Å². The van der Waals surface area contributed by atoms with Gasteiger partial charge in [0.05, 0.1) is 4.90 Å². The highest BCUT2D eigenvalue weighted by atomic mass is 32.2. The van der Waals surface area contributed by atoms with E-state index >= 15 is 0 Å². The van der Waals surface area contributed by atoms with E-state index in [9.17, 15) is 13.2 Å². The normalized spacial score (nSPS) is 13.0. The molecule has 0 heterocycles. The van der Waals surface area contributed by atoms with Gasteiger partial charge in [-0.25, -0.2) is 13.6 Å². The zero-order valence-electron chi connectivity index (χ0n) is 10.8. The van der Waals surface area contributed by atoms with Crippen LogP contribution in [0.2, 0.25) is 0 Å². The van der Waals surface area contributed by atoms with Crippen molar-refractivity contribution in [1.29, 1.82) is 0 Å². The Morgan fingerprint density at radius 2 is 2.11 bits per heavy atom. The second kappa shape index (κ2) is 6.65. The summed E-state index contributed by atoms with van der Waals surface area (Å²) in [4.78, 5) is 11.6. The van der Waals surface area contributed by atoms with Gasteiger partial charge in [0.1, 0.15) is 0 Å². The molecule has 0 radical (unpaired) electrons. The number of benzene rings is 1. The Bertz CT molecular complexity index is 543. The quantitative estimate of drug-likeness (QED) is 0.716. The summed E-state index contributed by atoms with van der Waals surface area (Å²) in [6, 6.07) is 5.61. The topological polar surface area (TPSA) is 115 Å². The molecule has 106 valence electrons. The summed E-state index contributed by atoms with van der Waals surface area (Å²) in [5.74, 6) is -0.243. The van der Waals surface area contributed by atoms with Gasteiger partial charge in [-0.05, 0) is 24.6 Å². The molecule has 1 atom stereocenters. The van der Waals surface area contributed by atoms with Crippen LogP contribution in [0.25, 0.3) is 0 Å². The zero-order valence-corrected chi connectivity index (χ0v) is 11.6. The first-order chi connectivity index (χ1) is 8.82. The molecule has 0 aromatic heterocycles. The van der Waals surface area contributed by atoms with Crippen molar-refractivity contribution in [3.05, 3.63) is 24.3 Å². The van der Waals surface area contributed by atoms with E-state index < -0.39 is 10.0 Å². The van der Waals surface area contributed by atoms with Crippen molar-refractivity contribution in [2.24, 2.45) is 10.9 Å². The monoisotopic (exact) mass is 285 g/mol. The van der Waals surface area contributed by atoms with Crippen molar-refractivity contribution >= 4 is 21.6 Å². The fraction of sp³-hybridized carbons (Fsp3) is 0.417. The highest BCUT2D eigenvalue weighted by molar-refractivity contribution is 7.89. The van der Waals surface area contributed by atoms with Gasteiger partial charge in [-0.1, -0.05) is 19.4 Å². The maximum atomic E-state index is 11.7. The molecule has 6 nitrogen and oxygen atoms in total. The number of carbonyl (C=O) groups excluding carboxylic acids is 1. The summed E-state index contributed by atoms with van der Waals surface area (Å²) in [5, 5.41) is 7.62. The lowest BCUT2D eigenvalue weighted by Gasteiger charge is -2.11. The number of hydrogen-bond acceptors (Lipinski definition) is 4. The average molecular weight is 285 g/mol. The molecule has 0 fully saturated rings. The molecule has 7 heteroatoms. The van der Waals surface area contributed by atoms with E-state index in [1.54, 1.807) is 6.07 Å². The van der Waals surface area contributed by atoms with E-state index in [2.05, 4.69) is 5.32 Å². The molecular formula is C12H19N3O3S. The smallest absolute Gasteiger partial charge is 0.238 e. The molecule has 19 heavy (non-hydrogen) atoms. The van der Waals surface area contributed by atoms with Gasteiger partial charge in [0.15, 0.2) is 0 Å². The van der Waals surface area contributed by atoms with E-state index in [0.717, 1.165) is 12.8 Å². The van der Waals surface area contributed by atoms with Gasteiger partial charge in [-0.3, -0.25) is 4.79 Å². The van der Waals surface area contributed by atoms with Crippen molar-refractivity contribution < 1.29 is 13.2 Å². The molecule has 0 saturated heterocycles. The van der Waals surface area contributed by atoms with Crippen molar-refractivity contribution in [2.75, 3.05) is 5.32 Å². The Morgan fingerprint density at radius 3 is 2.68 bits per heavy atom. The van der Waals surface area contributed by atoms with Gasteiger partial charge in [0, 0.05) is 18.2 Å². The molecule has 0 aliphatic rings. The third-order valence-corrected chi connectivity index (χ3v) is 3.46. The molecule has 5 N–H and O–H groups in total. The molecule has 0 aliphatic heterocycles. The van der Waals surface area contributed by atoms with Crippen LogP contribution in [-0.2, 0) is 14.8 Å². The van der Waals surface area contributed by atoms with E-state index in [4.69, 9.17) is 10.9 Å². The van der Waals surface area contributed by atoms with E-state index in [0.29, 0.717) is 5.69 Å². The highest BCUT2D eigenvalue weighted by Gasteiger charge is 2.11. The van der Waals surface area contributed by atoms with Gasteiger partial charge in [0.2, 0.25) is 15.9 Å². The Labute approximate surface area is 113 Å². The Morgan fingerprint density at radius 1 is 1.42 bits per heavy atom. The third kappa shape index (κ3) is 5.37. The van der Waals surface area contributed by atoms with Crippen LogP contribution in [0.15, 0.2) is 29.2 Å². The molecule has 1 aromatic carbocycles. The van der Waals surface area contributed by atoms with E-state index in [-0.39, 0.29) is 23.3 Å². The Balaban J connectivity index is 2.70. The number of nitrogens with two attached hydrogens (primary N) is 2. The number of anilines is 1. The first-order valence-electron chi connectivity index (χ1n) is 6.01. The highest BCUT2D eigenvalue weighted by Crippen LogP contribution is 2.14. The number of primary sulfonamides is 1. The summed E-state index contributed by atoms with van der Waals surface area (Å²) < 4.78 is 22.4. The standard InChI is InChI=1S/C12H19N3O3S/c1-2-4-9(13)7-12(16)15-10-5-3-6-11(8-10)19(14,17)18/h3,5-6,8-9H,2,4,7,13H2,1H3,(H,15,16)(H2,14,17,18). The average Bonchev–Trinajstić information content (AvgIpc) is 2.28. The van der Waals surface area contributed by atoms with Crippen molar-refractivity contribution in [3.63, 3.8) is 0 Å². The van der Waals surface area contributed by atoms with Crippen LogP contribution < -0.4 is 16.2 Å². The van der Waals surface area contributed by atoms with Crippen LogP contribution >= 0.6 is 0 Å². The molecule has 1 amide bonds. The molecule has 0 aliphatic carbocycles. The Hall–Kier alpha value is -1.44. The van der Waals surface area contributed by atoms with Crippen molar-refractivity contribution in [1.82, 2.24) is 0 Å². The molecule has 1 unspecified atom stereocenters. The molecule has 1 aromatic rings. The maximum absolute atomic E-state index is 11.7. The van der Waals surface area contributed by atoms with Crippen molar-refractivity contribution in [3.8, 4) is 0 Å². The molecular weight excluding hydrogens is 266 g/mol. The number of sulfonamides is 1. The second-order valence-corrected chi connectivity index (χ2v) is 5.94. The summed E-state index contributed by atoms with van der Waals surface area (Å²) in [5.41, 5.74) is 6.15. The zero-order chi connectivity index (χ0) is 14.5. The van der Waals surface area contributed by atoms with Crippen molar-refractivity contribution in [2.45, 2.75) is 37.1 Å². The first-order valence-corrected chi connectivity index (χ1v) is 7.56. The molecule has 0 bridgehead atoms. The van der Waals surface area contributed by atoms with Gasteiger partial charge in [0.25, 0.3) is 0 Å². The first kappa shape index (κ1) is 15.6. The number of nitrogens with one attached hydrogen (secondary N) is 1. The van der Waals surface area contributed by atoms with Gasteiger partial charge >= 0.3 is 0 Å². The third-order valence-electron chi connectivity index (χ3n) is 2.55. The lowest BCUT2D eigenvalue weighted by atomic mass is 10.1. The predicted octanol–water partition coefficient (Wildman–Crippen LogP) is 0.790. The van der Waals surface area contributed by atoms with E-state index in [1.807, 2.05) is 6.92 Å². The minimum Gasteiger partial charge on any atom is -0.327 e. The lowest BCUT2D eigenvalue weighted by molar-refractivity contribution is -0.116. The molecule has 1 rings (SSSR count). The van der Waals surface area contributed by atoms with Gasteiger partial charge < -0.3 is 11.1 Å². The number of hydrogen-bond donors (Lipinski definition) is 3. The van der Waals surface area contributed by atoms with Gasteiger partial charge in [-0.15, -0.1) is 0 Å². The number of amides is 1. The van der Waals surface area contributed by atoms with Crippen LogP contribution in [-0.4, -0.2) is 20.4 Å². The second-order valence-electron chi connectivity index (χ2n) is 4.37. The van der Waals surface area contributed by atoms with Crippen LogP contribution in [0, 0.1) is 0 Å². The summed E-state index contributed by atoms with van der Waals surface area (Å²) in [6.07, 6.45) is 1.88. The lowest BCUT2D eigenvalue weighted by Crippen LogP contribution is -2.26. The van der Waals surface area contributed by atoms with Crippen LogP contribution in [0.4, 0.5) is 5.69 Å². The largest absolute Gasteiger partial charge is 0.327 e. The van der Waals surface area contributed by atoms with Gasteiger partial charge in [-0.2, -0.15) is 0 Å².